The number of aryl methyl sites for hydroxylation is 1. The molecule has 3 aromatic rings. The van der Waals surface area contributed by atoms with Crippen molar-refractivity contribution in [1.29, 1.82) is 0 Å². The van der Waals surface area contributed by atoms with Crippen molar-refractivity contribution >= 4 is 17.1 Å². The largest absolute Gasteiger partial charge is 0.355 e. The average Bonchev–Trinajstić information content (AvgIpc) is 2.87. The number of aromatic nitrogens is 4. The molecule has 1 N–H and O–H groups in total. The third kappa shape index (κ3) is 2.80. The van der Waals surface area contributed by atoms with E-state index in [0.717, 1.165) is 5.56 Å². The monoisotopic (exact) mass is 325 g/mol. The van der Waals surface area contributed by atoms with Gasteiger partial charge in [-0.3, -0.25) is 13.9 Å². The van der Waals surface area contributed by atoms with Gasteiger partial charge in [0.05, 0.1) is 6.20 Å². The van der Waals surface area contributed by atoms with Crippen LogP contribution < -0.4 is 11.0 Å². The van der Waals surface area contributed by atoms with Gasteiger partial charge in [-0.2, -0.15) is 0 Å². The maximum absolute atomic E-state index is 12.6. The molecule has 0 saturated heterocycles. The van der Waals surface area contributed by atoms with Crippen LogP contribution in [0.1, 0.15) is 13.8 Å². The molecule has 0 fully saturated rings. The Morgan fingerprint density at radius 2 is 1.92 bits per heavy atom. The molecule has 0 aliphatic carbocycles. The number of nitrogens with zero attached hydrogens (tertiary/aromatic N) is 4. The van der Waals surface area contributed by atoms with Gasteiger partial charge in [0.15, 0.2) is 11.5 Å². The second kappa shape index (κ2) is 6.66. The van der Waals surface area contributed by atoms with Crippen molar-refractivity contribution in [1.82, 2.24) is 24.4 Å². The van der Waals surface area contributed by atoms with Crippen LogP contribution in [0.4, 0.5) is 0 Å². The van der Waals surface area contributed by atoms with Crippen molar-refractivity contribution < 1.29 is 4.79 Å². The van der Waals surface area contributed by atoms with Gasteiger partial charge in [0, 0.05) is 18.7 Å². The van der Waals surface area contributed by atoms with Crippen LogP contribution in [-0.4, -0.2) is 31.6 Å². The second-order valence-corrected chi connectivity index (χ2v) is 5.33. The lowest BCUT2D eigenvalue weighted by atomic mass is 10.2. The van der Waals surface area contributed by atoms with Crippen LogP contribution in [-0.2, 0) is 17.9 Å². The summed E-state index contributed by atoms with van der Waals surface area (Å²) < 4.78 is 2.97. The molecule has 3 rings (SSSR count). The van der Waals surface area contributed by atoms with E-state index in [0.29, 0.717) is 30.1 Å². The molecular weight excluding hydrogens is 306 g/mol. The molecule has 0 atom stereocenters. The molecule has 7 heteroatoms. The van der Waals surface area contributed by atoms with Crippen LogP contribution in [0.2, 0.25) is 0 Å². The first-order valence-corrected chi connectivity index (χ1v) is 7.93. The van der Waals surface area contributed by atoms with Gasteiger partial charge in [-0.15, -0.1) is 0 Å². The highest BCUT2D eigenvalue weighted by Crippen LogP contribution is 2.17. The van der Waals surface area contributed by atoms with E-state index in [2.05, 4.69) is 15.3 Å². The number of hydrogen-bond donors (Lipinski definition) is 1. The van der Waals surface area contributed by atoms with Gasteiger partial charge in [0.2, 0.25) is 5.91 Å². The molecule has 0 bridgehead atoms. The summed E-state index contributed by atoms with van der Waals surface area (Å²) in [6.07, 6.45) is 1.64. The fourth-order valence-corrected chi connectivity index (χ4v) is 2.67. The molecule has 1 amide bonds. The molecule has 0 spiro atoms. The highest BCUT2D eigenvalue weighted by molar-refractivity contribution is 5.79. The molecule has 124 valence electrons. The summed E-state index contributed by atoms with van der Waals surface area (Å²) in [5.41, 5.74) is 1.72. The molecule has 0 unspecified atom stereocenters. The van der Waals surface area contributed by atoms with Crippen LogP contribution in [0.15, 0.2) is 41.3 Å². The van der Waals surface area contributed by atoms with E-state index in [1.165, 1.54) is 4.57 Å². The van der Waals surface area contributed by atoms with Gasteiger partial charge in [-0.1, -0.05) is 30.3 Å². The molecule has 2 aromatic heterocycles. The van der Waals surface area contributed by atoms with Crippen LogP contribution >= 0.6 is 0 Å². The number of imidazole rings is 1. The van der Waals surface area contributed by atoms with Gasteiger partial charge in [0.1, 0.15) is 12.1 Å². The molecule has 0 saturated carbocycles. The number of hydrogen-bond acceptors (Lipinski definition) is 4. The van der Waals surface area contributed by atoms with E-state index >= 15 is 0 Å². The van der Waals surface area contributed by atoms with E-state index in [9.17, 15) is 9.59 Å². The zero-order chi connectivity index (χ0) is 17.1. The Labute approximate surface area is 139 Å². The van der Waals surface area contributed by atoms with Crippen molar-refractivity contribution in [2.45, 2.75) is 26.9 Å². The van der Waals surface area contributed by atoms with Crippen LogP contribution in [0.5, 0.6) is 0 Å². The first-order valence-electron chi connectivity index (χ1n) is 7.93. The molecule has 0 aliphatic rings. The number of fused-ring (bicyclic) bond motifs is 1. The molecule has 0 aliphatic heterocycles. The van der Waals surface area contributed by atoms with E-state index in [4.69, 9.17) is 0 Å². The van der Waals surface area contributed by atoms with E-state index in [1.54, 1.807) is 10.8 Å². The molecule has 0 radical (unpaired) electrons. The molecular formula is C17H19N5O2. The summed E-state index contributed by atoms with van der Waals surface area (Å²) in [4.78, 5) is 33.4. The Morgan fingerprint density at radius 1 is 1.17 bits per heavy atom. The molecule has 2 heterocycles. The highest BCUT2D eigenvalue weighted by atomic mass is 16.2. The third-order valence-electron chi connectivity index (χ3n) is 3.78. The number of rotatable bonds is 5. The highest BCUT2D eigenvalue weighted by Gasteiger charge is 2.17. The summed E-state index contributed by atoms with van der Waals surface area (Å²) in [7, 11) is 0. The zero-order valence-corrected chi connectivity index (χ0v) is 13.7. The maximum Gasteiger partial charge on any atom is 0.330 e. The molecule has 24 heavy (non-hydrogen) atoms. The predicted molar refractivity (Wildman–Crippen MR) is 91.6 cm³/mol. The lowest BCUT2D eigenvalue weighted by Gasteiger charge is -2.04. The summed E-state index contributed by atoms with van der Waals surface area (Å²) in [5, 5.41) is 2.71. The Kier molecular flexibility index (Phi) is 4.41. The SMILES string of the molecule is CCNC(=O)Cn1c(=O)n(CC)c2cnc(-c3ccccc3)nc21. The topological polar surface area (TPSA) is 81.8 Å². The summed E-state index contributed by atoms with van der Waals surface area (Å²) >= 11 is 0. The minimum atomic E-state index is -0.252. The van der Waals surface area contributed by atoms with Crippen molar-refractivity contribution in [3.05, 3.63) is 47.0 Å². The third-order valence-corrected chi connectivity index (χ3v) is 3.78. The summed E-state index contributed by atoms with van der Waals surface area (Å²) in [6, 6.07) is 9.54. The predicted octanol–water partition coefficient (Wildman–Crippen LogP) is 1.42. The lowest BCUT2D eigenvalue weighted by molar-refractivity contribution is -0.121. The second-order valence-electron chi connectivity index (χ2n) is 5.33. The first-order chi connectivity index (χ1) is 11.7. The fourth-order valence-electron chi connectivity index (χ4n) is 2.67. The van der Waals surface area contributed by atoms with E-state index in [1.807, 2.05) is 44.2 Å². The van der Waals surface area contributed by atoms with Crippen molar-refractivity contribution in [3.63, 3.8) is 0 Å². The fraction of sp³-hybridized carbons (Fsp3) is 0.294. The van der Waals surface area contributed by atoms with Gasteiger partial charge in [0.25, 0.3) is 0 Å². The standard InChI is InChI=1S/C17H19N5O2/c1-3-18-14(23)11-22-16-13(21(4-2)17(22)24)10-19-15(20-16)12-8-6-5-7-9-12/h5-10H,3-4,11H2,1-2H3,(H,18,23). The smallest absolute Gasteiger partial charge is 0.330 e. The zero-order valence-electron chi connectivity index (χ0n) is 13.7. The number of carbonyl (C=O) groups excluding carboxylic acids is 1. The number of nitrogens with one attached hydrogen (secondary N) is 1. The molecule has 1 aromatic carbocycles. The first kappa shape index (κ1) is 15.9. The minimum Gasteiger partial charge on any atom is -0.355 e. The summed E-state index contributed by atoms with van der Waals surface area (Å²) in [5.74, 6) is 0.315. The van der Waals surface area contributed by atoms with Crippen molar-refractivity contribution in [2.24, 2.45) is 0 Å². The van der Waals surface area contributed by atoms with Crippen LogP contribution in [0.25, 0.3) is 22.6 Å². The number of amides is 1. The van der Waals surface area contributed by atoms with Crippen LogP contribution in [0, 0.1) is 0 Å². The number of likely N-dealkylation sites (N-methyl/N-ethyl adjacent to an activating group) is 1. The Hall–Kier alpha value is -2.96. The quantitative estimate of drug-likeness (QED) is 0.769. The normalized spacial score (nSPS) is 10.9. The van der Waals surface area contributed by atoms with Gasteiger partial charge < -0.3 is 5.32 Å². The lowest BCUT2D eigenvalue weighted by Crippen LogP contribution is -2.33. The van der Waals surface area contributed by atoms with Crippen LogP contribution in [0.3, 0.4) is 0 Å². The van der Waals surface area contributed by atoms with Crippen molar-refractivity contribution in [2.75, 3.05) is 6.54 Å². The average molecular weight is 325 g/mol. The minimum absolute atomic E-state index is 0.0542. The van der Waals surface area contributed by atoms with E-state index in [-0.39, 0.29) is 18.1 Å². The Balaban J connectivity index is 2.16. The maximum atomic E-state index is 12.6. The van der Waals surface area contributed by atoms with E-state index < -0.39 is 0 Å². The number of benzene rings is 1. The number of carbonyl (C=O) groups is 1. The van der Waals surface area contributed by atoms with Gasteiger partial charge in [-0.05, 0) is 13.8 Å². The Morgan fingerprint density at radius 3 is 2.58 bits per heavy atom. The Bertz CT molecular complexity index is 927. The van der Waals surface area contributed by atoms with Gasteiger partial charge >= 0.3 is 5.69 Å². The molecule has 7 nitrogen and oxygen atoms in total. The summed E-state index contributed by atoms with van der Waals surface area (Å²) in [6.45, 7) is 4.67. The van der Waals surface area contributed by atoms with Crippen molar-refractivity contribution in [3.8, 4) is 11.4 Å². The van der Waals surface area contributed by atoms with Gasteiger partial charge in [-0.25, -0.2) is 14.8 Å².